The Balaban J connectivity index is 2.05. The van der Waals surface area contributed by atoms with Crippen molar-refractivity contribution in [3.63, 3.8) is 0 Å². The van der Waals surface area contributed by atoms with Gasteiger partial charge in [-0.2, -0.15) is 0 Å². The van der Waals surface area contributed by atoms with Gasteiger partial charge in [0, 0.05) is 5.92 Å². The number of ether oxygens (including phenoxy) is 1. The van der Waals surface area contributed by atoms with Crippen molar-refractivity contribution >= 4 is 0 Å². The molecule has 4 unspecified atom stereocenters. The van der Waals surface area contributed by atoms with Gasteiger partial charge >= 0.3 is 0 Å². The van der Waals surface area contributed by atoms with Crippen molar-refractivity contribution in [2.75, 3.05) is 0 Å². The van der Waals surface area contributed by atoms with E-state index in [2.05, 4.69) is 13.5 Å². The van der Waals surface area contributed by atoms with Gasteiger partial charge in [-0.25, -0.2) is 0 Å². The third-order valence-corrected chi connectivity index (χ3v) is 3.85. The highest BCUT2D eigenvalue weighted by Crippen LogP contribution is 2.63. The van der Waals surface area contributed by atoms with Gasteiger partial charge in [-0.05, 0) is 31.3 Å². The molecule has 2 heterocycles. The van der Waals surface area contributed by atoms with Crippen LogP contribution in [0.4, 0.5) is 0 Å². The minimum absolute atomic E-state index is 0.199. The maximum atomic E-state index is 5.96. The van der Waals surface area contributed by atoms with Crippen molar-refractivity contribution < 1.29 is 4.74 Å². The van der Waals surface area contributed by atoms with Crippen LogP contribution in [0.5, 0.6) is 0 Å². The van der Waals surface area contributed by atoms with Gasteiger partial charge in [-0.15, -0.1) is 0 Å². The summed E-state index contributed by atoms with van der Waals surface area (Å²) in [5, 5.41) is 0. The van der Waals surface area contributed by atoms with E-state index in [9.17, 15) is 0 Å². The molecule has 1 heteroatoms. The fourth-order valence-electron chi connectivity index (χ4n) is 3.38. The van der Waals surface area contributed by atoms with Crippen LogP contribution in [0.1, 0.15) is 26.2 Å². The summed E-state index contributed by atoms with van der Waals surface area (Å²) in [6.07, 6.45) is 4.45. The van der Waals surface area contributed by atoms with Gasteiger partial charge in [0.15, 0.2) is 0 Å². The van der Waals surface area contributed by atoms with Crippen LogP contribution in [-0.4, -0.2) is 11.7 Å². The minimum atomic E-state index is 0.199. The molecule has 4 bridgehead atoms. The molecular weight excluding hydrogens is 136 g/mol. The average molecular weight is 150 g/mol. The highest BCUT2D eigenvalue weighted by molar-refractivity contribution is 5.33. The molecule has 2 saturated carbocycles. The van der Waals surface area contributed by atoms with Gasteiger partial charge in [-0.3, -0.25) is 0 Å². The van der Waals surface area contributed by atoms with E-state index < -0.39 is 0 Å². The summed E-state index contributed by atoms with van der Waals surface area (Å²) in [6, 6.07) is 0. The van der Waals surface area contributed by atoms with E-state index in [0.29, 0.717) is 6.10 Å². The normalized spacial score (nSPS) is 59.4. The second-order valence-electron chi connectivity index (χ2n) is 4.46. The van der Waals surface area contributed by atoms with Crippen molar-refractivity contribution in [2.24, 2.45) is 11.8 Å². The van der Waals surface area contributed by atoms with Crippen LogP contribution < -0.4 is 0 Å². The summed E-state index contributed by atoms with van der Waals surface area (Å²) < 4.78 is 5.96. The Kier molecular flexibility index (Phi) is 0.885. The van der Waals surface area contributed by atoms with Gasteiger partial charge in [-0.1, -0.05) is 13.0 Å². The van der Waals surface area contributed by atoms with Crippen LogP contribution in [0.25, 0.3) is 0 Å². The number of hydrogen-bond donors (Lipinski definition) is 0. The quantitative estimate of drug-likeness (QED) is 0.481. The molecule has 4 aliphatic rings. The van der Waals surface area contributed by atoms with Gasteiger partial charge in [0.2, 0.25) is 0 Å². The second-order valence-corrected chi connectivity index (χ2v) is 4.46. The summed E-state index contributed by atoms with van der Waals surface area (Å²) in [5.74, 6) is 1.57. The Morgan fingerprint density at radius 1 is 1.64 bits per heavy atom. The van der Waals surface area contributed by atoms with E-state index in [1.165, 1.54) is 24.8 Å². The van der Waals surface area contributed by atoms with E-state index in [-0.39, 0.29) is 5.60 Å². The lowest BCUT2D eigenvalue weighted by molar-refractivity contribution is 0.00808. The molecule has 1 nitrogen and oxygen atoms in total. The van der Waals surface area contributed by atoms with Crippen LogP contribution in [-0.2, 0) is 4.74 Å². The highest BCUT2D eigenvalue weighted by atomic mass is 16.5. The fourth-order valence-corrected chi connectivity index (χ4v) is 3.38. The zero-order valence-electron chi connectivity index (χ0n) is 6.97. The predicted octanol–water partition coefficient (Wildman–Crippen LogP) is 2.13. The molecule has 2 aliphatic heterocycles. The van der Waals surface area contributed by atoms with Crippen molar-refractivity contribution in [1.29, 1.82) is 0 Å². The standard InChI is InChI=1S/C10H14O/c1-6-8-7-4-3-5-10(8,2)11-9(6)7/h7-9H,1,3-5H2,2H3. The van der Waals surface area contributed by atoms with E-state index in [0.717, 1.165) is 11.8 Å². The first-order valence-electron chi connectivity index (χ1n) is 4.59. The number of hydrogen-bond acceptors (Lipinski definition) is 1. The Bertz CT molecular complexity index is 233. The van der Waals surface area contributed by atoms with Crippen molar-refractivity contribution in [3.8, 4) is 0 Å². The summed E-state index contributed by atoms with van der Waals surface area (Å²) >= 11 is 0. The zero-order valence-corrected chi connectivity index (χ0v) is 6.97. The van der Waals surface area contributed by atoms with Crippen LogP contribution in [0.3, 0.4) is 0 Å². The Hall–Kier alpha value is -0.300. The summed E-state index contributed by atoms with van der Waals surface area (Å²) in [4.78, 5) is 0. The first kappa shape index (κ1) is 6.24. The average Bonchev–Trinajstić information content (AvgIpc) is 2.34. The SMILES string of the molecule is C=C1C2OC3(C)CCCC2C13. The Labute approximate surface area is 67.4 Å². The first-order chi connectivity index (χ1) is 5.22. The zero-order chi connectivity index (χ0) is 7.64. The molecule has 4 atom stereocenters. The third-order valence-electron chi connectivity index (χ3n) is 3.85. The molecule has 0 N–H and O–H groups in total. The molecule has 60 valence electrons. The van der Waals surface area contributed by atoms with E-state index >= 15 is 0 Å². The summed E-state index contributed by atoms with van der Waals surface area (Å²) in [7, 11) is 0. The van der Waals surface area contributed by atoms with Crippen LogP contribution in [0, 0.1) is 11.8 Å². The van der Waals surface area contributed by atoms with Crippen LogP contribution >= 0.6 is 0 Å². The van der Waals surface area contributed by atoms with Gasteiger partial charge in [0.25, 0.3) is 0 Å². The molecule has 0 radical (unpaired) electrons. The lowest BCUT2D eigenvalue weighted by Gasteiger charge is -2.42. The van der Waals surface area contributed by atoms with Crippen molar-refractivity contribution in [1.82, 2.24) is 0 Å². The summed E-state index contributed by atoms with van der Waals surface area (Å²) in [6.45, 7) is 6.35. The van der Waals surface area contributed by atoms with Gasteiger partial charge < -0.3 is 4.74 Å². The maximum Gasteiger partial charge on any atom is 0.0828 e. The minimum Gasteiger partial charge on any atom is -0.367 e. The predicted molar refractivity (Wildman–Crippen MR) is 43.2 cm³/mol. The van der Waals surface area contributed by atoms with E-state index in [1.54, 1.807) is 0 Å². The molecule has 4 rings (SSSR count). The topological polar surface area (TPSA) is 9.23 Å². The molecule has 0 aromatic rings. The van der Waals surface area contributed by atoms with Gasteiger partial charge in [0.05, 0.1) is 11.7 Å². The van der Waals surface area contributed by atoms with Crippen LogP contribution in [0.2, 0.25) is 0 Å². The lowest BCUT2D eigenvalue weighted by atomic mass is 9.58. The van der Waals surface area contributed by atoms with Gasteiger partial charge in [0.1, 0.15) is 0 Å². The molecule has 4 fully saturated rings. The molecule has 0 aromatic heterocycles. The molecule has 2 saturated heterocycles. The summed E-state index contributed by atoms with van der Waals surface area (Å²) in [5.41, 5.74) is 1.59. The largest absolute Gasteiger partial charge is 0.367 e. The van der Waals surface area contributed by atoms with E-state index in [4.69, 9.17) is 4.74 Å². The molecular formula is C10H14O. The lowest BCUT2D eigenvalue weighted by Crippen LogP contribution is -2.43. The fraction of sp³-hybridized carbons (Fsp3) is 0.800. The molecule has 11 heavy (non-hydrogen) atoms. The van der Waals surface area contributed by atoms with Crippen LogP contribution in [0.15, 0.2) is 12.2 Å². The maximum absolute atomic E-state index is 5.96. The highest BCUT2D eigenvalue weighted by Gasteiger charge is 2.64. The molecule has 0 amide bonds. The van der Waals surface area contributed by atoms with Crippen molar-refractivity contribution in [3.05, 3.63) is 12.2 Å². The second kappa shape index (κ2) is 1.56. The molecule has 0 aromatic carbocycles. The Morgan fingerprint density at radius 2 is 2.45 bits per heavy atom. The first-order valence-corrected chi connectivity index (χ1v) is 4.59. The number of rotatable bonds is 0. The third kappa shape index (κ3) is 0.506. The smallest absolute Gasteiger partial charge is 0.0828 e. The molecule has 2 aliphatic carbocycles. The monoisotopic (exact) mass is 150 g/mol. The van der Waals surface area contributed by atoms with Crippen molar-refractivity contribution in [2.45, 2.75) is 37.9 Å². The molecule has 0 spiro atoms. The van der Waals surface area contributed by atoms with E-state index in [1.807, 2.05) is 0 Å². The Morgan fingerprint density at radius 3 is 3.09 bits per heavy atom.